The van der Waals surface area contributed by atoms with Crippen LogP contribution in [-0.4, -0.2) is 46.8 Å². The molecule has 5 rings (SSSR count). The van der Waals surface area contributed by atoms with E-state index in [0.29, 0.717) is 31.2 Å². The molecular formula is C31H33F3N4O4. The number of aromatic nitrogens is 1. The number of hydrogen-bond donors (Lipinski definition) is 4. The molecule has 8 nitrogen and oxygen atoms in total. The Morgan fingerprint density at radius 1 is 1.19 bits per heavy atom. The van der Waals surface area contributed by atoms with Crippen molar-refractivity contribution in [1.29, 1.82) is 0 Å². The zero-order chi connectivity index (χ0) is 30.4. The molecule has 2 aromatic carbocycles. The van der Waals surface area contributed by atoms with Crippen molar-refractivity contribution in [3.05, 3.63) is 76.5 Å². The number of amides is 1. The van der Waals surface area contributed by atoms with E-state index in [9.17, 15) is 23.8 Å². The molecule has 1 aromatic heterocycles. The van der Waals surface area contributed by atoms with Gasteiger partial charge in [-0.15, -0.1) is 0 Å². The van der Waals surface area contributed by atoms with Gasteiger partial charge in [-0.2, -0.15) is 0 Å². The Balaban J connectivity index is 1.48. The van der Waals surface area contributed by atoms with E-state index in [2.05, 4.69) is 15.3 Å². The Bertz CT molecular complexity index is 1550. The van der Waals surface area contributed by atoms with Crippen molar-refractivity contribution in [2.75, 3.05) is 19.4 Å². The minimum atomic E-state index is -1.72. The van der Waals surface area contributed by atoms with E-state index < -0.39 is 34.5 Å². The van der Waals surface area contributed by atoms with Crippen molar-refractivity contribution in [2.45, 2.75) is 56.5 Å². The first-order valence-corrected chi connectivity index (χ1v) is 13.7. The van der Waals surface area contributed by atoms with E-state index in [4.69, 9.17) is 10.5 Å². The number of nitrogens with two attached hydrogens (primary N) is 1. The minimum absolute atomic E-state index is 0.0588. The predicted octanol–water partition coefficient (Wildman–Crippen LogP) is 4.75. The molecule has 42 heavy (non-hydrogen) atoms. The minimum Gasteiger partial charge on any atom is -0.495 e. The number of carbonyl (C=O) groups excluding carboxylic acids is 1. The van der Waals surface area contributed by atoms with Crippen LogP contribution in [0.5, 0.6) is 5.75 Å². The van der Waals surface area contributed by atoms with Crippen LogP contribution in [0.25, 0.3) is 11.3 Å². The molecule has 0 radical (unpaired) electrons. The maximum Gasteiger partial charge on any atom is 0.251 e. The van der Waals surface area contributed by atoms with E-state index in [1.54, 1.807) is 0 Å². The summed E-state index contributed by atoms with van der Waals surface area (Å²) in [5.41, 5.74) is 3.45. The molecule has 222 valence electrons. The van der Waals surface area contributed by atoms with Crippen molar-refractivity contribution < 1.29 is 32.9 Å². The van der Waals surface area contributed by atoms with Crippen LogP contribution in [0.3, 0.4) is 0 Å². The van der Waals surface area contributed by atoms with Gasteiger partial charge in [-0.3, -0.25) is 9.79 Å². The summed E-state index contributed by atoms with van der Waals surface area (Å²) in [6, 6.07) is 9.23. The second kappa shape index (κ2) is 10.7. The maximum atomic E-state index is 15.6. The van der Waals surface area contributed by atoms with Gasteiger partial charge in [0.15, 0.2) is 11.6 Å². The number of hydrogen-bond acceptors (Lipinski definition) is 7. The second-order valence-corrected chi connectivity index (χ2v) is 11.5. The fraction of sp³-hybridized carbons (Fsp3) is 0.387. The molecule has 2 fully saturated rings. The molecule has 0 saturated heterocycles. The summed E-state index contributed by atoms with van der Waals surface area (Å²) < 4.78 is 48.6. The molecule has 11 heteroatoms. The highest BCUT2D eigenvalue weighted by atomic mass is 19.1. The molecule has 0 aliphatic heterocycles. The number of methoxy groups -OCH3 is 1. The quantitative estimate of drug-likeness (QED) is 0.155. The lowest BCUT2D eigenvalue weighted by Gasteiger charge is -2.31. The molecule has 3 aromatic rings. The van der Waals surface area contributed by atoms with Gasteiger partial charge in [0, 0.05) is 41.3 Å². The summed E-state index contributed by atoms with van der Waals surface area (Å²) in [6.07, 6.45) is 3.18. The van der Waals surface area contributed by atoms with Crippen LogP contribution in [0.2, 0.25) is 0 Å². The van der Waals surface area contributed by atoms with Gasteiger partial charge in [0.2, 0.25) is 0 Å². The Hall–Kier alpha value is -3.96. The van der Waals surface area contributed by atoms with Gasteiger partial charge in [-0.05, 0) is 75.1 Å². The van der Waals surface area contributed by atoms with Crippen LogP contribution in [0, 0.1) is 17.6 Å². The highest BCUT2D eigenvalue weighted by molar-refractivity contribution is 5.99. The van der Waals surface area contributed by atoms with Crippen LogP contribution >= 0.6 is 0 Å². The van der Waals surface area contributed by atoms with Crippen LogP contribution in [-0.2, 0) is 11.2 Å². The number of benzene rings is 2. The summed E-state index contributed by atoms with van der Waals surface area (Å²) in [6.45, 7) is 2.53. The van der Waals surface area contributed by atoms with Crippen LogP contribution in [0.1, 0.15) is 66.7 Å². The second-order valence-electron chi connectivity index (χ2n) is 11.5. The van der Waals surface area contributed by atoms with Crippen molar-refractivity contribution in [1.82, 2.24) is 10.3 Å². The van der Waals surface area contributed by atoms with E-state index in [1.165, 1.54) is 57.5 Å². The lowest BCUT2D eigenvalue weighted by molar-refractivity contribution is 0.00864. The number of aliphatic imine (C=N–C) groups is 1. The number of rotatable bonds is 10. The Kier molecular flexibility index (Phi) is 7.53. The summed E-state index contributed by atoms with van der Waals surface area (Å²) in [5, 5.41) is 25.4. The smallest absolute Gasteiger partial charge is 0.251 e. The molecule has 0 unspecified atom stereocenters. The van der Waals surface area contributed by atoms with E-state index in [0.717, 1.165) is 12.1 Å². The lowest BCUT2D eigenvalue weighted by atomic mass is 9.87. The van der Waals surface area contributed by atoms with E-state index >= 15 is 4.39 Å². The summed E-state index contributed by atoms with van der Waals surface area (Å²) in [5.74, 6) is -3.61. The first-order chi connectivity index (χ1) is 19.7. The number of alkyl halides is 1. The SMILES string of the molecule is COc1cc(C(=O)NC[C@](O)(c2cc(C(C)(C)O)c(F)c(-c3ccc(F)cc3)n2)C2CC2)cc(/C=N/C2(F)CC2)c1N. The molecule has 2 aliphatic rings. The third kappa shape index (κ3) is 5.98. The standard InChI is InChI=1S/C31H33F3N4O4/c1-29(2,40)22-14-24(38-27(25(22)33)17-4-8-21(32)9-5-17)31(41,20-6-7-20)16-36-28(39)18-12-19(15-37-30(34)10-11-30)26(35)23(13-18)42-3/h4-5,8-9,12-15,20,40-41H,6-7,10-11,16,35H2,1-3H3,(H,36,39)/b37-15+/t31-/m1/s1. The van der Waals surface area contributed by atoms with Crippen molar-refractivity contribution in [3.8, 4) is 17.0 Å². The van der Waals surface area contributed by atoms with Crippen LogP contribution < -0.4 is 15.8 Å². The molecular weight excluding hydrogens is 549 g/mol. The van der Waals surface area contributed by atoms with Crippen molar-refractivity contribution in [3.63, 3.8) is 0 Å². The molecule has 2 saturated carbocycles. The molecule has 1 heterocycles. The topological polar surface area (TPSA) is 130 Å². The van der Waals surface area contributed by atoms with Crippen LogP contribution in [0.15, 0.2) is 47.5 Å². The number of pyridine rings is 1. The highest BCUT2D eigenvalue weighted by Gasteiger charge is 2.47. The van der Waals surface area contributed by atoms with E-state index in [1.807, 2.05) is 0 Å². The molecule has 1 atom stereocenters. The fourth-order valence-corrected chi connectivity index (χ4v) is 4.79. The van der Waals surface area contributed by atoms with Gasteiger partial charge < -0.3 is 26.0 Å². The number of nitrogens with zero attached hydrogens (tertiary/aromatic N) is 2. The fourth-order valence-electron chi connectivity index (χ4n) is 4.79. The van der Waals surface area contributed by atoms with E-state index in [-0.39, 0.29) is 52.0 Å². The van der Waals surface area contributed by atoms with Gasteiger partial charge in [0.1, 0.15) is 22.9 Å². The third-order valence-corrected chi connectivity index (χ3v) is 7.70. The maximum absolute atomic E-state index is 15.6. The largest absolute Gasteiger partial charge is 0.495 e. The Labute approximate surface area is 241 Å². The van der Waals surface area contributed by atoms with Gasteiger partial charge in [-0.25, -0.2) is 18.2 Å². The zero-order valence-electron chi connectivity index (χ0n) is 23.5. The first kappa shape index (κ1) is 29.5. The lowest BCUT2D eigenvalue weighted by Crippen LogP contribution is -2.43. The van der Waals surface area contributed by atoms with Crippen molar-refractivity contribution in [2.24, 2.45) is 10.9 Å². The van der Waals surface area contributed by atoms with Gasteiger partial charge in [0.25, 0.3) is 5.91 Å². The van der Waals surface area contributed by atoms with Crippen LogP contribution in [0.4, 0.5) is 18.9 Å². The molecule has 0 bridgehead atoms. The molecule has 1 amide bonds. The monoisotopic (exact) mass is 582 g/mol. The predicted molar refractivity (Wildman–Crippen MR) is 152 cm³/mol. The third-order valence-electron chi connectivity index (χ3n) is 7.70. The first-order valence-electron chi connectivity index (χ1n) is 13.7. The number of anilines is 1. The Morgan fingerprint density at radius 2 is 1.86 bits per heavy atom. The average molecular weight is 583 g/mol. The summed E-state index contributed by atoms with van der Waals surface area (Å²) in [4.78, 5) is 21.7. The number of halogens is 3. The molecule has 0 spiro atoms. The van der Waals surface area contributed by atoms with Gasteiger partial charge >= 0.3 is 0 Å². The molecule has 2 aliphatic carbocycles. The number of ether oxygens (including phenoxy) is 1. The Morgan fingerprint density at radius 3 is 2.43 bits per heavy atom. The van der Waals surface area contributed by atoms with Gasteiger partial charge in [0.05, 0.1) is 30.6 Å². The van der Waals surface area contributed by atoms with Crippen molar-refractivity contribution >= 4 is 17.8 Å². The number of aliphatic hydroxyl groups is 2. The number of nitrogens with one attached hydrogen (secondary N) is 1. The average Bonchev–Trinajstić information content (AvgIpc) is 3.88. The molecule has 5 N–H and O–H groups in total. The highest BCUT2D eigenvalue weighted by Crippen LogP contribution is 2.46. The number of carbonyl (C=O) groups is 1. The van der Waals surface area contributed by atoms with Gasteiger partial charge in [-0.1, -0.05) is 0 Å². The summed E-state index contributed by atoms with van der Waals surface area (Å²) >= 11 is 0. The zero-order valence-corrected chi connectivity index (χ0v) is 23.5. The normalized spacial score (nSPS) is 17.6. The summed E-state index contributed by atoms with van der Waals surface area (Å²) in [7, 11) is 1.39. The number of nitrogen functional groups attached to an aromatic ring is 1.